The molecule has 0 saturated carbocycles. The predicted molar refractivity (Wildman–Crippen MR) is 139 cm³/mol. The number of rotatable bonds is 4. The highest BCUT2D eigenvalue weighted by molar-refractivity contribution is 7.16. The normalized spacial score (nSPS) is 15.0. The minimum atomic E-state index is -0.516. The van der Waals surface area contributed by atoms with Crippen LogP contribution in [0, 0.1) is 5.82 Å². The maximum absolute atomic E-state index is 15.7. The number of piperidine rings is 1. The van der Waals surface area contributed by atoms with Crippen molar-refractivity contribution < 1.29 is 13.9 Å². The van der Waals surface area contributed by atoms with Gasteiger partial charge in [-0.05, 0) is 57.4 Å². The van der Waals surface area contributed by atoms with Gasteiger partial charge in [0, 0.05) is 41.8 Å². The lowest BCUT2D eigenvalue weighted by molar-refractivity contribution is 0.0477. The van der Waals surface area contributed by atoms with Gasteiger partial charge in [-0.3, -0.25) is 4.90 Å². The summed E-state index contributed by atoms with van der Waals surface area (Å²) in [6, 6.07) is 9.21. The van der Waals surface area contributed by atoms with Crippen LogP contribution in [0.5, 0.6) is 0 Å². The first-order valence-corrected chi connectivity index (χ1v) is 13.0. The van der Waals surface area contributed by atoms with Crippen molar-refractivity contribution in [3.8, 4) is 11.1 Å². The maximum Gasteiger partial charge on any atom is 0.407 e. The molecule has 5 nitrogen and oxygen atoms in total. The molecule has 0 radical (unpaired) electrons. The average Bonchev–Trinajstić information content (AvgIpc) is 3.23. The van der Waals surface area contributed by atoms with Crippen LogP contribution in [0.2, 0.25) is 5.02 Å². The Bertz CT molecular complexity index is 1120. The highest BCUT2D eigenvalue weighted by Gasteiger charge is 2.25. The number of likely N-dealkylation sites (tertiary alicyclic amines) is 1. The van der Waals surface area contributed by atoms with Crippen molar-refractivity contribution in [1.82, 2.24) is 15.2 Å². The molecule has 0 bridgehead atoms. The summed E-state index contributed by atoms with van der Waals surface area (Å²) in [5, 5.41) is 3.51. The van der Waals surface area contributed by atoms with Gasteiger partial charge in [0.05, 0.1) is 15.7 Å². The summed E-state index contributed by atoms with van der Waals surface area (Å²) >= 11 is 7.67. The lowest BCUT2D eigenvalue weighted by Gasteiger charge is -2.33. The zero-order valence-corrected chi connectivity index (χ0v) is 22.0. The van der Waals surface area contributed by atoms with Crippen LogP contribution in [0.25, 0.3) is 21.3 Å². The monoisotopic (exact) mass is 505 g/mol. The highest BCUT2D eigenvalue weighted by atomic mass is 35.5. The largest absolute Gasteiger partial charge is 0.444 e. The molecule has 1 aliphatic heterocycles. The number of ether oxygens (including phenoxy) is 1. The zero-order valence-electron chi connectivity index (χ0n) is 20.5. The van der Waals surface area contributed by atoms with Crippen LogP contribution in [-0.4, -0.2) is 40.7 Å². The molecule has 2 aromatic carbocycles. The number of alkyl carbamates (subject to hydrolysis) is 1. The Morgan fingerprint density at radius 2 is 1.97 bits per heavy atom. The first-order valence-electron chi connectivity index (χ1n) is 11.7. The van der Waals surface area contributed by atoms with E-state index in [2.05, 4.69) is 15.2 Å². The molecule has 184 valence electrons. The Morgan fingerprint density at radius 1 is 1.26 bits per heavy atom. The summed E-state index contributed by atoms with van der Waals surface area (Å²) in [6.45, 7) is 11.6. The molecule has 34 heavy (non-hydrogen) atoms. The van der Waals surface area contributed by atoms with E-state index in [0.717, 1.165) is 36.2 Å². The number of hydrogen-bond donors (Lipinski definition) is 1. The SMILES string of the molecule is CC.CC(C)(C)OC(=O)NC1CCN(Cc2cc3scnc3c(-c3cccc(Cl)c3)c2F)CC1. The van der Waals surface area contributed by atoms with E-state index < -0.39 is 5.60 Å². The molecule has 4 rings (SSSR count). The lowest BCUT2D eigenvalue weighted by atomic mass is 9.99. The third-order valence-corrected chi connectivity index (χ3v) is 6.47. The van der Waals surface area contributed by atoms with Gasteiger partial charge in [-0.25, -0.2) is 14.2 Å². The number of amides is 1. The highest BCUT2D eigenvalue weighted by Crippen LogP contribution is 2.36. The van der Waals surface area contributed by atoms with Crippen molar-refractivity contribution >= 4 is 39.2 Å². The van der Waals surface area contributed by atoms with Crippen molar-refractivity contribution in [2.75, 3.05) is 13.1 Å². The van der Waals surface area contributed by atoms with Crippen molar-refractivity contribution in [3.05, 3.63) is 52.2 Å². The van der Waals surface area contributed by atoms with Gasteiger partial charge in [0.25, 0.3) is 0 Å². The fourth-order valence-electron chi connectivity index (χ4n) is 4.00. The van der Waals surface area contributed by atoms with Crippen molar-refractivity contribution in [1.29, 1.82) is 0 Å². The van der Waals surface area contributed by atoms with Gasteiger partial charge >= 0.3 is 6.09 Å². The topological polar surface area (TPSA) is 54.5 Å². The Morgan fingerprint density at radius 3 is 2.62 bits per heavy atom. The number of nitrogens with one attached hydrogen (secondary N) is 1. The van der Waals surface area contributed by atoms with Gasteiger partial charge in [0.2, 0.25) is 0 Å². The van der Waals surface area contributed by atoms with Gasteiger partial charge < -0.3 is 10.1 Å². The molecule has 0 spiro atoms. The summed E-state index contributed by atoms with van der Waals surface area (Å²) in [4.78, 5) is 18.7. The van der Waals surface area contributed by atoms with E-state index in [1.165, 1.54) is 11.3 Å². The summed E-state index contributed by atoms with van der Waals surface area (Å²) in [7, 11) is 0. The van der Waals surface area contributed by atoms with E-state index in [0.29, 0.717) is 28.2 Å². The van der Waals surface area contributed by atoms with Gasteiger partial charge in [0.1, 0.15) is 11.4 Å². The zero-order chi connectivity index (χ0) is 24.9. The summed E-state index contributed by atoms with van der Waals surface area (Å²) in [5.74, 6) is -0.250. The molecule has 0 aliphatic carbocycles. The molecule has 3 aromatic rings. The van der Waals surface area contributed by atoms with Crippen LogP contribution in [0.3, 0.4) is 0 Å². The molecule has 8 heteroatoms. The fourth-order valence-corrected chi connectivity index (χ4v) is 4.94. The molecule has 1 amide bonds. The van der Waals surface area contributed by atoms with Crippen LogP contribution in [0.1, 0.15) is 53.0 Å². The molecule has 1 N–H and O–H groups in total. The van der Waals surface area contributed by atoms with Crippen molar-refractivity contribution in [2.45, 2.75) is 65.6 Å². The number of carbonyl (C=O) groups is 1. The van der Waals surface area contributed by atoms with E-state index in [9.17, 15) is 4.79 Å². The third-order valence-electron chi connectivity index (χ3n) is 5.45. The van der Waals surface area contributed by atoms with Crippen LogP contribution in [0.4, 0.5) is 9.18 Å². The molecule has 2 heterocycles. The van der Waals surface area contributed by atoms with Gasteiger partial charge in [0.15, 0.2) is 0 Å². The van der Waals surface area contributed by atoms with Crippen LogP contribution >= 0.6 is 22.9 Å². The molecular weight excluding hydrogens is 473 g/mol. The number of aromatic nitrogens is 1. The quantitative estimate of drug-likeness (QED) is 0.405. The van der Waals surface area contributed by atoms with Gasteiger partial charge in [-0.2, -0.15) is 0 Å². The summed E-state index contributed by atoms with van der Waals surface area (Å²) in [6.07, 6.45) is 1.21. The second-order valence-corrected chi connectivity index (χ2v) is 10.5. The summed E-state index contributed by atoms with van der Waals surface area (Å²) < 4.78 is 22.0. The van der Waals surface area contributed by atoms with E-state index in [-0.39, 0.29) is 18.0 Å². The van der Waals surface area contributed by atoms with Crippen LogP contribution < -0.4 is 5.32 Å². The predicted octanol–water partition coefficient (Wildman–Crippen LogP) is 7.27. The van der Waals surface area contributed by atoms with Crippen LogP contribution in [-0.2, 0) is 11.3 Å². The van der Waals surface area contributed by atoms with E-state index >= 15 is 4.39 Å². The maximum atomic E-state index is 15.7. The van der Waals surface area contributed by atoms with E-state index in [1.54, 1.807) is 17.6 Å². The van der Waals surface area contributed by atoms with E-state index in [1.807, 2.05) is 52.8 Å². The first-order chi connectivity index (χ1) is 16.2. The molecule has 1 fully saturated rings. The number of benzene rings is 2. The molecule has 1 aromatic heterocycles. The van der Waals surface area contributed by atoms with Gasteiger partial charge in [-0.15, -0.1) is 11.3 Å². The molecule has 1 saturated heterocycles. The van der Waals surface area contributed by atoms with Gasteiger partial charge in [-0.1, -0.05) is 37.6 Å². The minimum absolute atomic E-state index is 0.0666. The molecular formula is C26H33ClFN3O2S. The number of halogens is 2. The number of nitrogens with zero attached hydrogens (tertiary/aromatic N) is 2. The second kappa shape index (κ2) is 11.5. The lowest BCUT2D eigenvalue weighted by Crippen LogP contribution is -2.45. The number of hydrogen-bond acceptors (Lipinski definition) is 5. The average molecular weight is 506 g/mol. The fraction of sp³-hybridized carbons (Fsp3) is 0.462. The Labute approximate surface area is 210 Å². The van der Waals surface area contributed by atoms with Crippen molar-refractivity contribution in [3.63, 3.8) is 0 Å². The number of carbonyl (C=O) groups excluding carboxylic acids is 1. The smallest absolute Gasteiger partial charge is 0.407 e. The van der Waals surface area contributed by atoms with Crippen molar-refractivity contribution in [2.24, 2.45) is 0 Å². The second-order valence-electron chi connectivity index (χ2n) is 9.13. The standard InChI is InChI=1S/C24H27ClFN3O2S.C2H6/c1-24(2,3)31-23(30)28-18-7-9-29(10-8-18)13-16-12-19-22(27-14-32-19)20(21(16)26)15-5-4-6-17(25)11-15;1-2/h4-6,11-12,14,18H,7-10,13H2,1-3H3,(H,28,30);1-2H3. The molecule has 0 atom stereocenters. The summed E-state index contributed by atoms with van der Waals surface area (Å²) in [5.41, 5.74) is 3.78. The Balaban J connectivity index is 0.00000158. The third kappa shape index (κ3) is 6.68. The number of thiazole rings is 1. The number of fused-ring (bicyclic) bond motifs is 1. The van der Waals surface area contributed by atoms with Crippen LogP contribution in [0.15, 0.2) is 35.8 Å². The molecule has 0 unspecified atom stereocenters. The van der Waals surface area contributed by atoms with E-state index in [4.69, 9.17) is 16.3 Å². The minimum Gasteiger partial charge on any atom is -0.444 e. The molecule has 1 aliphatic rings. The Hall–Kier alpha value is -2.22. The first kappa shape index (κ1) is 26.4. The Kier molecular flexibility index (Phi) is 8.90.